The van der Waals surface area contributed by atoms with Gasteiger partial charge in [-0.25, -0.2) is 0 Å². The smallest absolute Gasteiger partial charge is 0.287 e. The molecule has 3 rings (SSSR count). The zero-order valence-electron chi connectivity index (χ0n) is 14.8. The van der Waals surface area contributed by atoms with E-state index in [0.29, 0.717) is 5.56 Å². The molecule has 0 bridgehead atoms. The second-order valence-corrected chi connectivity index (χ2v) is 6.02. The van der Waals surface area contributed by atoms with Crippen LogP contribution in [0.5, 0.6) is 0 Å². The van der Waals surface area contributed by atoms with Crippen LogP contribution < -0.4 is 10.3 Å². The minimum atomic E-state index is -0.954. The Hall–Kier alpha value is -4.14. The molecule has 0 radical (unpaired) electrons. The minimum absolute atomic E-state index is 0.109. The number of amides is 1. The quantitative estimate of drug-likeness (QED) is 0.406. The highest BCUT2D eigenvalue weighted by Crippen LogP contribution is 2.31. The molecule has 0 aliphatic heterocycles. The molecule has 1 amide bonds. The number of hydrogen-bond acceptors (Lipinski definition) is 4. The van der Waals surface area contributed by atoms with Crippen LogP contribution >= 0.6 is 0 Å². The van der Waals surface area contributed by atoms with E-state index in [9.17, 15) is 15.5 Å². The molecule has 0 saturated carbocycles. The van der Waals surface area contributed by atoms with Gasteiger partial charge in [0.05, 0.1) is 11.5 Å². The van der Waals surface area contributed by atoms with Gasteiger partial charge >= 0.3 is 0 Å². The lowest BCUT2D eigenvalue weighted by Gasteiger charge is -2.20. The number of carbonyl (C=O) groups is 1. The third-order valence-electron chi connectivity index (χ3n) is 4.39. The number of aromatic nitrogens is 3. The van der Waals surface area contributed by atoms with Crippen LogP contribution in [0.3, 0.4) is 0 Å². The lowest BCUT2D eigenvalue weighted by molar-refractivity contribution is -0.711. The van der Waals surface area contributed by atoms with Gasteiger partial charge in [-0.1, -0.05) is 6.07 Å². The molecule has 0 spiro atoms. The zero-order chi connectivity index (χ0) is 19.9. The molecular weight excluding hydrogens is 352 g/mol. The van der Waals surface area contributed by atoms with Crippen LogP contribution in [0.1, 0.15) is 17.5 Å². The summed E-state index contributed by atoms with van der Waals surface area (Å²) in [6, 6.07) is 11.8. The number of primary amides is 1. The summed E-state index contributed by atoms with van der Waals surface area (Å²) in [6.45, 7) is 0. The summed E-state index contributed by atoms with van der Waals surface area (Å²) < 4.78 is 1.61. The molecule has 0 aliphatic rings. The van der Waals surface area contributed by atoms with E-state index < -0.39 is 17.9 Å². The number of nitrogens with two attached hydrogens (primary N) is 1. The second kappa shape index (κ2) is 8.49. The van der Waals surface area contributed by atoms with Gasteiger partial charge in [0, 0.05) is 36.9 Å². The lowest BCUT2D eigenvalue weighted by atomic mass is 9.86. The van der Waals surface area contributed by atoms with Gasteiger partial charge in [0.1, 0.15) is 6.07 Å². The molecule has 0 fully saturated rings. The SMILES string of the molecule is N#CC(=C=[N-])[C@H](c1cccnc1)[C@@H](C(N)=O)[n+]1ccc(-c2ccncc2)cc1. The Kier molecular flexibility index (Phi) is 5.66. The first kappa shape index (κ1) is 18.6. The van der Waals surface area contributed by atoms with Crippen molar-refractivity contribution in [1.29, 1.82) is 5.26 Å². The summed E-state index contributed by atoms with van der Waals surface area (Å²) in [7, 11) is 0. The van der Waals surface area contributed by atoms with Gasteiger partial charge in [0.25, 0.3) is 5.91 Å². The molecule has 0 unspecified atom stereocenters. The van der Waals surface area contributed by atoms with Crippen LogP contribution in [-0.4, -0.2) is 21.7 Å². The van der Waals surface area contributed by atoms with E-state index in [1.54, 1.807) is 47.7 Å². The fourth-order valence-electron chi connectivity index (χ4n) is 3.07. The first-order valence-corrected chi connectivity index (χ1v) is 8.43. The van der Waals surface area contributed by atoms with E-state index >= 15 is 0 Å². The topological polar surface area (TPSA) is 119 Å². The molecule has 3 heterocycles. The second-order valence-electron chi connectivity index (χ2n) is 6.02. The predicted molar refractivity (Wildman–Crippen MR) is 103 cm³/mol. The minimum Gasteiger partial charge on any atom is -0.762 e. The highest BCUT2D eigenvalue weighted by molar-refractivity contribution is 5.81. The van der Waals surface area contributed by atoms with E-state index in [-0.39, 0.29) is 5.57 Å². The van der Waals surface area contributed by atoms with Crippen molar-refractivity contribution in [3.8, 4) is 17.2 Å². The van der Waals surface area contributed by atoms with Crippen molar-refractivity contribution in [1.82, 2.24) is 9.97 Å². The van der Waals surface area contributed by atoms with E-state index in [4.69, 9.17) is 5.73 Å². The maximum atomic E-state index is 12.3. The largest absolute Gasteiger partial charge is 0.762 e. The number of nitriles is 1. The summed E-state index contributed by atoms with van der Waals surface area (Å²) in [5.74, 6) is 0.403. The van der Waals surface area contributed by atoms with E-state index in [0.717, 1.165) is 11.1 Å². The van der Waals surface area contributed by atoms with Crippen molar-refractivity contribution in [2.75, 3.05) is 0 Å². The maximum Gasteiger partial charge on any atom is 0.287 e. The van der Waals surface area contributed by atoms with Crippen molar-refractivity contribution in [2.24, 2.45) is 5.73 Å². The molecule has 7 heteroatoms. The third kappa shape index (κ3) is 3.83. The van der Waals surface area contributed by atoms with Gasteiger partial charge in [-0.05, 0) is 34.9 Å². The van der Waals surface area contributed by atoms with Gasteiger partial charge in [-0.15, -0.1) is 0 Å². The van der Waals surface area contributed by atoms with Crippen LogP contribution in [0.25, 0.3) is 16.5 Å². The zero-order valence-corrected chi connectivity index (χ0v) is 14.8. The molecule has 3 aromatic rings. The van der Waals surface area contributed by atoms with Crippen LogP contribution in [-0.2, 0) is 4.79 Å². The number of hydrogen-bond donors (Lipinski definition) is 1. The number of nitrogens with zero attached hydrogens (tertiary/aromatic N) is 5. The first-order chi connectivity index (χ1) is 13.7. The van der Waals surface area contributed by atoms with Crippen molar-refractivity contribution in [2.45, 2.75) is 12.0 Å². The van der Waals surface area contributed by atoms with E-state index in [2.05, 4.69) is 9.97 Å². The molecule has 0 aliphatic carbocycles. The summed E-state index contributed by atoms with van der Waals surface area (Å²) in [4.78, 5) is 20.4. The Morgan fingerprint density at radius 3 is 2.29 bits per heavy atom. The molecule has 28 heavy (non-hydrogen) atoms. The number of rotatable bonds is 6. The molecule has 7 nitrogen and oxygen atoms in total. The summed E-state index contributed by atoms with van der Waals surface area (Å²) in [6.07, 6.45) is 9.92. The summed E-state index contributed by atoms with van der Waals surface area (Å²) in [5, 5.41) is 18.9. The average molecular weight is 368 g/mol. The Bertz CT molecular complexity index is 1050. The fraction of sp³-hybridized carbons (Fsp3) is 0.0952. The normalized spacial score (nSPS) is 12.2. The molecule has 136 valence electrons. The molecular formula is C21H16N6O. The van der Waals surface area contributed by atoms with Gasteiger partial charge in [0.2, 0.25) is 6.04 Å². The van der Waals surface area contributed by atoms with E-state index in [1.165, 1.54) is 6.20 Å². The van der Waals surface area contributed by atoms with Crippen LogP contribution in [0.4, 0.5) is 0 Å². The van der Waals surface area contributed by atoms with Crippen molar-refractivity contribution < 1.29 is 9.36 Å². The Balaban J connectivity index is 2.07. The van der Waals surface area contributed by atoms with Gasteiger partial charge in [-0.3, -0.25) is 20.6 Å². The van der Waals surface area contributed by atoms with Gasteiger partial charge in [0.15, 0.2) is 12.4 Å². The predicted octanol–water partition coefficient (Wildman–Crippen LogP) is 1.93. The monoisotopic (exact) mass is 368 g/mol. The van der Waals surface area contributed by atoms with Crippen molar-refractivity contribution in [3.05, 3.63) is 90.1 Å². The molecule has 0 saturated heterocycles. The van der Waals surface area contributed by atoms with E-state index in [1.807, 2.05) is 36.2 Å². The molecule has 0 aromatic carbocycles. The fourth-order valence-corrected chi connectivity index (χ4v) is 3.07. The van der Waals surface area contributed by atoms with Gasteiger partial charge < -0.3 is 11.1 Å². The molecule has 2 atom stereocenters. The van der Waals surface area contributed by atoms with Crippen molar-refractivity contribution in [3.63, 3.8) is 0 Å². The third-order valence-corrected chi connectivity index (χ3v) is 4.39. The number of allylic oxidation sites excluding steroid dienone is 1. The van der Waals surface area contributed by atoms with Crippen molar-refractivity contribution >= 4 is 11.8 Å². The Morgan fingerprint density at radius 1 is 1.07 bits per heavy atom. The number of carbonyl (C=O) groups excluding carboxylic acids is 1. The standard InChI is InChI=1S/C21H16N6O/c22-12-18(13-23)19(17-2-1-7-26-14-17)20(21(24)28)27-10-5-16(6-11-27)15-3-8-25-9-4-15/h1-11,14,19-20H,(H2,24,28)/t19-,20-/m0/s1. The van der Waals surface area contributed by atoms with Crippen LogP contribution in [0.2, 0.25) is 0 Å². The van der Waals surface area contributed by atoms with Gasteiger partial charge in [-0.2, -0.15) is 9.83 Å². The summed E-state index contributed by atoms with van der Waals surface area (Å²) >= 11 is 0. The highest BCUT2D eigenvalue weighted by atomic mass is 16.1. The first-order valence-electron chi connectivity index (χ1n) is 8.43. The summed E-state index contributed by atoms with van der Waals surface area (Å²) in [5.41, 5.74) is 8.05. The molecule has 3 aromatic heterocycles. The van der Waals surface area contributed by atoms with Crippen LogP contribution in [0.15, 0.2) is 79.2 Å². The number of pyridine rings is 3. The molecule has 2 N–H and O–H groups in total. The van der Waals surface area contributed by atoms with Crippen LogP contribution in [0, 0.1) is 11.3 Å². The average Bonchev–Trinajstić information content (AvgIpc) is 2.75. The Morgan fingerprint density at radius 2 is 1.75 bits per heavy atom. The lowest BCUT2D eigenvalue weighted by Crippen LogP contribution is -2.49. The maximum absolute atomic E-state index is 12.3. The highest BCUT2D eigenvalue weighted by Gasteiger charge is 2.38. The Labute approximate surface area is 161 Å².